The minimum absolute atomic E-state index is 0.0290. The zero-order valence-electron chi connectivity index (χ0n) is 13.8. The van der Waals surface area contributed by atoms with Gasteiger partial charge in [0.2, 0.25) is 0 Å². The lowest BCUT2D eigenvalue weighted by molar-refractivity contribution is 0.0699. The van der Waals surface area contributed by atoms with Crippen LogP contribution in [0.5, 0.6) is 0 Å². The molecule has 4 aromatic rings. The molecule has 0 amide bonds. The van der Waals surface area contributed by atoms with Gasteiger partial charge in [-0.25, -0.2) is 9.78 Å². The predicted molar refractivity (Wildman–Crippen MR) is 105 cm³/mol. The number of aromatic nitrogens is 3. The Labute approximate surface area is 162 Å². The van der Waals surface area contributed by atoms with Crippen molar-refractivity contribution in [2.24, 2.45) is 0 Å². The van der Waals surface area contributed by atoms with Crippen molar-refractivity contribution in [3.63, 3.8) is 0 Å². The summed E-state index contributed by atoms with van der Waals surface area (Å²) >= 11 is 7.08. The monoisotopic (exact) mass is 397 g/mol. The number of hydrogen-bond donors (Lipinski definition) is 1. The molecule has 0 aliphatic rings. The maximum atomic E-state index is 13.2. The van der Waals surface area contributed by atoms with Crippen molar-refractivity contribution in [1.29, 1.82) is 0 Å². The number of carbonyl (C=O) groups is 1. The number of carboxylic acids is 1. The van der Waals surface area contributed by atoms with Gasteiger partial charge in [-0.3, -0.25) is 14.3 Å². The van der Waals surface area contributed by atoms with Gasteiger partial charge in [0.05, 0.1) is 17.5 Å². The Bertz CT molecular complexity index is 1200. The van der Waals surface area contributed by atoms with E-state index in [2.05, 4.69) is 9.97 Å². The fourth-order valence-corrected chi connectivity index (χ4v) is 3.85. The number of nitrogens with zero attached hydrogens (tertiary/aromatic N) is 3. The summed E-state index contributed by atoms with van der Waals surface area (Å²) in [5, 5.41) is 11.6. The smallest absolute Gasteiger partial charge is 0.337 e. The van der Waals surface area contributed by atoms with Crippen LogP contribution >= 0.6 is 22.9 Å². The van der Waals surface area contributed by atoms with Crippen molar-refractivity contribution in [1.82, 2.24) is 14.5 Å². The number of aromatic carboxylic acids is 1. The van der Waals surface area contributed by atoms with Gasteiger partial charge in [0, 0.05) is 28.4 Å². The summed E-state index contributed by atoms with van der Waals surface area (Å²) in [6, 6.07) is 10.7. The molecule has 27 heavy (non-hydrogen) atoms. The zero-order chi connectivity index (χ0) is 19.0. The first-order chi connectivity index (χ1) is 13.0. The van der Waals surface area contributed by atoms with Gasteiger partial charge in [0.15, 0.2) is 0 Å². The van der Waals surface area contributed by atoms with Crippen molar-refractivity contribution < 1.29 is 9.90 Å². The zero-order valence-corrected chi connectivity index (χ0v) is 15.4. The number of benzene rings is 1. The third-order valence-corrected chi connectivity index (χ3v) is 5.24. The maximum absolute atomic E-state index is 13.2. The van der Waals surface area contributed by atoms with Gasteiger partial charge in [0.1, 0.15) is 10.7 Å². The van der Waals surface area contributed by atoms with Crippen molar-refractivity contribution in [3.8, 4) is 11.4 Å². The Hall–Kier alpha value is -3.03. The van der Waals surface area contributed by atoms with Crippen LogP contribution in [0.15, 0.2) is 59.0 Å². The normalized spacial score (nSPS) is 11.0. The topological polar surface area (TPSA) is 85.1 Å². The van der Waals surface area contributed by atoms with Gasteiger partial charge in [-0.05, 0) is 29.8 Å². The Morgan fingerprint density at radius 1 is 1.15 bits per heavy atom. The Morgan fingerprint density at radius 2 is 1.85 bits per heavy atom. The maximum Gasteiger partial charge on any atom is 0.337 e. The number of hydrogen-bond acceptors (Lipinski definition) is 5. The summed E-state index contributed by atoms with van der Waals surface area (Å²) in [6.45, 7) is 0.242. The van der Waals surface area contributed by atoms with Gasteiger partial charge >= 0.3 is 5.97 Å². The fraction of sp³-hybridized carbons (Fsp3) is 0.0526. The predicted octanol–water partition coefficient (Wildman–Crippen LogP) is 3.92. The molecule has 0 saturated carbocycles. The van der Waals surface area contributed by atoms with Crippen molar-refractivity contribution >= 4 is 39.1 Å². The Morgan fingerprint density at radius 3 is 2.52 bits per heavy atom. The van der Waals surface area contributed by atoms with Gasteiger partial charge in [0.25, 0.3) is 5.56 Å². The third-order valence-electron chi connectivity index (χ3n) is 4.12. The second kappa shape index (κ2) is 6.94. The van der Waals surface area contributed by atoms with Crippen LogP contribution in [0.1, 0.15) is 15.9 Å². The van der Waals surface area contributed by atoms with E-state index in [9.17, 15) is 14.7 Å². The molecule has 0 atom stereocenters. The molecule has 4 rings (SSSR count). The van der Waals surface area contributed by atoms with Crippen molar-refractivity contribution in [3.05, 3.63) is 80.7 Å². The summed E-state index contributed by atoms with van der Waals surface area (Å²) < 4.78 is 1.49. The number of pyridine rings is 1. The minimum Gasteiger partial charge on any atom is -0.478 e. The molecule has 0 aliphatic heterocycles. The molecule has 1 aromatic carbocycles. The molecule has 0 aliphatic carbocycles. The van der Waals surface area contributed by atoms with Crippen LogP contribution in [0.25, 0.3) is 21.6 Å². The van der Waals surface area contributed by atoms with Crippen molar-refractivity contribution in [2.75, 3.05) is 0 Å². The molecule has 0 saturated heterocycles. The summed E-state index contributed by atoms with van der Waals surface area (Å²) in [4.78, 5) is 33.7. The average Bonchev–Trinajstić information content (AvgIpc) is 3.11. The van der Waals surface area contributed by atoms with E-state index in [1.165, 1.54) is 9.95 Å². The van der Waals surface area contributed by atoms with Crippen LogP contribution in [0.3, 0.4) is 0 Å². The molecule has 0 radical (unpaired) electrons. The molecule has 3 aromatic heterocycles. The number of fused-ring (bicyclic) bond motifs is 1. The number of carboxylic acid groups (broad SMARTS) is 1. The van der Waals surface area contributed by atoms with E-state index < -0.39 is 5.97 Å². The van der Waals surface area contributed by atoms with Crippen molar-refractivity contribution in [2.45, 2.75) is 6.54 Å². The molecule has 134 valence electrons. The highest BCUT2D eigenvalue weighted by Crippen LogP contribution is 2.25. The van der Waals surface area contributed by atoms with E-state index in [1.807, 2.05) is 12.1 Å². The molecule has 0 unspecified atom stereocenters. The summed E-state index contributed by atoms with van der Waals surface area (Å²) in [5.41, 5.74) is 1.16. The lowest BCUT2D eigenvalue weighted by Crippen LogP contribution is -2.24. The highest BCUT2D eigenvalue weighted by molar-refractivity contribution is 7.17. The first-order valence-electron chi connectivity index (χ1n) is 7.95. The SMILES string of the molecule is O=C(O)c1csc2nc(-c3ccncc3)n(Cc3ccc(Cl)cc3)c(=O)c12. The van der Waals surface area contributed by atoms with Crippen LogP contribution in [0.4, 0.5) is 0 Å². The molecule has 3 heterocycles. The Kier molecular flexibility index (Phi) is 4.47. The standard InChI is InChI=1S/C19H12ClN3O3S/c20-13-3-1-11(2-4-13)9-23-16(12-5-7-21-8-6-12)22-17-15(18(23)24)14(10-27-17)19(25)26/h1-8,10H,9H2,(H,25,26). The van der Waals surface area contributed by atoms with E-state index in [0.29, 0.717) is 15.7 Å². The molecular formula is C19H12ClN3O3S. The third kappa shape index (κ3) is 3.22. The summed E-state index contributed by atoms with van der Waals surface area (Å²) in [5.74, 6) is -0.682. The molecule has 6 nitrogen and oxygen atoms in total. The van der Waals surface area contributed by atoms with E-state index >= 15 is 0 Å². The first kappa shape index (κ1) is 17.4. The van der Waals surface area contributed by atoms with Crippen LogP contribution < -0.4 is 5.56 Å². The Balaban J connectivity index is 1.98. The largest absolute Gasteiger partial charge is 0.478 e. The van der Waals surface area contributed by atoms with Crippen LogP contribution in [-0.4, -0.2) is 25.6 Å². The van der Waals surface area contributed by atoms with Crippen LogP contribution in [0.2, 0.25) is 5.02 Å². The molecule has 0 bridgehead atoms. The summed E-state index contributed by atoms with van der Waals surface area (Å²) in [6.07, 6.45) is 3.24. The number of rotatable bonds is 4. The highest BCUT2D eigenvalue weighted by atomic mass is 35.5. The molecular weight excluding hydrogens is 386 g/mol. The second-order valence-corrected chi connectivity index (χ2v) is 7.12. The van der Waals surface area contributed by atoms with Gasteiger partial charge in [-0.15, -0.1) is 11.3 Å². The van der Waals surface area contributed by atoms with E-state index in [-0.39, 0.29) is 23.1 Å². The van der Waals surface area contributed by atoms with Crippen LogP contribution in [0, 0.1) is 0 Å². The van der Waals surface area contributed by atoms with E-state index in [1.54, 1.807) is 36.7 Å². The van der Waals surface area contributed by atoms with Gasteiger partial charge < -0.3 is 5.11 Å². The molecule has 0 fully saturated rings. The highest BCUT2D eigenvalue weighted by Gasteiger charge is 2.20. The minimum atomic E-state index is -1.14. The van der Waals surface area contributed by atoms with E-state index in [4.69, 9.17) is 11.6 Å². The fourth-order valence-electron chi connectivity index (χ4n) is 2.82. The van der Waals surface area contributed by atoms with Crippen LogP contribution in [-0.2, 0) is 6.54 Å². The molecule has 1 N–H and O–H groups in total. The quantitative estimate of drug-likeness (QED) is 0.564. The number of thiophene rings is 1. The molecule has 8 heteroatoms. The van der Waals surface area contributed by atoms with E-state index in [0.717, 1.165) is 22.5 Å². The van der Waals surface area contributed by atoms with Gasteiger partial charge in [-0.1, -0.05) is 23.7 Å². The lowest BCUT2D eigenvalue weighted by atomic mass is 10.2. The van der Waals surface area contributed by atoms with Gasteiger partial charge in [-0.2, -0.15) is 0 Å². The lowest BCUT2D eigenvalue weighted by Gasteiger charge is -2.13. The summed E-state index contributed by atoms with van der Waals surface area (Å²) in [7, 11) is 0. The average molecular weight is 398 g/mol. The number of halogens is 1. The first-order valence-corrected chi connectivity index (χ1v) is 9.20. The molecule has 0 spiro atoms. The second-order valence-electron chi connectivity index (χ2n) is 5.82.